The SMILES string of the molecule is COc1ccc(CN2CCc3c(ccnc3-c3cc(N4CC(Oc5cc(F)cc(C(F)(F)F)c5)C4)ncn3)C2=O)cc1. The molecule has 1 saturated heterocycles. The molecule has 2 aromatic carbocycles. The monoisotopic (exact) mass is 579 g/mol. The van der Waals surface area contributed by atoms with E-state index in [1.807, 2.05) is 29.2 Å². The van der Waals surface area contributed by atoms with E-state index in [1.54, 1.807) is 30.3 Å². The molecule has 0 saturated carbocycles. The zero-order valence-electron chi connectivity index (χ0n) is 22.4. The lowest BCUT2D eigenvalue weighted by Crippen LogP contribution is -2.54. The second-order valence-electron chi connectivity index (χ2n) is 10.1. The highest BCUT2D eigenvalue weighted by molar-refractivity contribution is 5.98. The van der Waals surface area contributed by atoms with Crippen LogP contribution >= 0.6 is 0 Å². The maximum absolute atomic E-state index is 13.7. The van der Waals surface area contributed by atoms with Crippen molar-refractivity contribution in [2.45, 2.75) is 25.2 Å². The molecule has 0 N–H and O–H groups in total. The fourth-order valence-electron chi connectivity index (χ4n) is 5.12. The summed E-state index contributed by atoms with van der Waals surface area (Å²) in [6.07, 6.45) is -1.52. The largest absolute Gasteiger partial charge is 0.497 e. The Labute approximate surface area is 238 Å². The smallest absolute Gasteiger partial charge is 0.416 e. The number of methoxy groups -OCH3 is 1. The standard InChI is InChI=1S/C30H25F4N5O3/c1-41-21-4-2-18(3-5-21)14-38-9-7-24-25(29(38)40)6-8-35-28(24)26-13-27(37-17-36-26)39-15-23(16-39)42-22-11-19(30(32,33)34)10-20(31)12-22/h2-6,8,10-13,17,23H,7,9,14-16H2,1H3. The molecule has 0 bridgehead atoms. The molecular weight excluding hydrogens is 554 g/mol. The molecule has 0 aliphatic carbocycles. The van der Waals surface area contributed by atoms with Crippen LogP contribution in [-0.2, 0) is 19.1 Å². The van der Waals surface area contributed by atoms with Crippen molar-refractivity contribution in [1.29, 1.82) is 0 Å². The summed E-state index contributed by atoms with van der Waals surface area (Å²) >= 11 is 0. The molecule has 8 nitrogen and oxygen atoms in total. The van der Waals surface area contributed by atoms with Gasteiger partial charge >= 0.3 is 6.18 Å². The summed E-state index contributed by atoms with van der Waals surface area (Å²) in [5, 5.41) is 0. The van der Waals surface area contributed by atoms with E-state index in [-0.39, 0.29) is 11.7 Å². The van der Waals surface area contributed by atoms with Crippen LogP contribution in [0.1, 0.15) is 27.0 Å². The average Bonchev–Trinajstić information content (AvgIpc) is 2.96. The molecule has 12 heteroatoms. The van der Waals surface area contributed by atoms with Crippen LogP contribution in [0.25, 0.3) is 11.4 Å². The molecular formula is C30H25F4N5O3. The van der Waals surface area contributed by atoms with Gasteiger partial charge in [0.05, 0.1) is 37.2 Å². The molecule has 0 spiro atoms. The van der Waals surface area contributed by atoms with Crippen molar-refractivity contribution in [1.82, 2.24) is 19.9 Å². The number of pyridine rings is 1. The maximum atomic E-state index is 13.7. The molecule has 6 rings (SSSR count). The molecule has 4 heterocycles. The minimum absolute atomic E-state index is 0.0845. The zero-order valence-corrected chi connectivity index (χ0v) is 22.4. The van der Waals surface area contributed by atoms with E-state index >= 15 is 0 Å². The van der Waals surface area contributed by atoms with E-state index in [2.05, 4.69) is 15.0 Å². The number of hydrogen-bond acceptors (Lipinski definition) is 7. The number of rotatable bonds is 7. The van der Waals surface area contributed by atoms with Gasteiger partial charge in [-0.25, -0.2) is 14.4 Å². The van der Waals surface area contributed by atoms with Crippen LogP contribution in [0.3, 0.4) is 0 Å². The second-order valence-corrected chi connectivity index (χ2v) is 10.1. The van der Waals surface area contributed by atoms with Gasteiger partial charge in [-0.3, -0.25) is 9.78 Å². The Bertz CT molecular complexity index is 1620. The molecule has 0 radical (unpaired) electrons. The third-order valence-electron chi connectivity index (χ3n) is 7.31. The lowest BCUT2D eigenvalue weighted by Gasteiger charge is -2.39. The minimum atomic E-state index is -4.67. The topological polar surface area (TPSA) is 80.7 Å². The molecule has 2 aliphatic heterocycles. The minimum Gasteiger partial charge on any atom is -0.497 e. The molecule has 0 atom stereocenters. The summed E-state index contributed by atoms with van der Waals surface area (Å²) in [5.41, 5.74) is 2.44. The number of ether oxygens (including phenoxy) is 2. The lowest BCUT2D eigenvalue weighted by molar-refractivity contribution is -0.137. The first-order valence-electron chi connectivity index (χ1n) is 13.2. The Morgan fingerprint density at radius 2 is 1.76 bits per heavy atom. The number of benzene rings is 2. The van der Waals surface area contributed by atoms with E-state index in [0.717, 1.165) is 29.0 Å². The van der Waals surface area contributed by atoms with Crippen molar-refractivity contribution in [2.24, 2.45) is 0 Å². The van der Waals surface area contributed by atoms with Crippen molar-refractivity contribution < 1.29 is 31.8 Å². The van der Waals surface area contributed by atoms with Crippen LogP contribution in [0.2, 0.25) is 0 Å². The number of amides is 1. The van der Waals surface area contributed by atoms with Gasteiger partial charge in [0.2, 0.25) is 0 Å². The number of carbonyl (C=O) groups is 1. The Morgan fingerprint density at radius 1 is 0.976 bits per heavy atom. The molecule has 42 heavy (non-hydrogen) atoms. The predicted molar refractivity (Wildman–Crippen MR) is 145 cm³/mol. The third kappa shape index (κ3) is 5.56. The van der Waals surface area contributed by atoms with Crippen LogP contribution in [0.15, 0.2) is 67.1 Å². The number of carbonyl (C=O) groups excluding carboxylic acids is 1. The quantitative estimate of drug-likeness (QED) is 0.280. The fraction of sp³-hybridized carbons (Fsp3) is 0.267. The Kier molecular flexibility index (Phi) is 7.13. The number of anilines is 1. The number of halogens is 4. The van der Waals surface area contributed by atoms with Crippen molar-refractivity contribution >= 4 is 11.7 Å². The molecule has 2 aliphatic rings. The fourth-order valence-corrected chi connectivity index (χ4v) is 5.12. The van der Waals surface area contributed by atoms with E-state index in [0.29, 0.717) is 61.4 Å². The van der Waals surface area contributed by atoms with E-state index in [9.17, 15) is 22.4 Å². The van der Waals surface area contributed by atoms with Gasteiger partial charge in [0.25, 0.3) is 5.91 Å². The highest BCUT2D eigenvalue weighted by Gasteiger charge is 2.34. The Hall–Kier alpha value is -4.74. The number of hydrogen-bond donors (Lipinski definition) is 0. The Morgan fingerprint density at radius 3 is 2.50 bits per heavy atom. The number of aromatic nitrogens is 3. The van der Waals surface area contributed by atoms with Crippen LogP contribution < -0.4 is 14.4 Å². The van der Waals surface area contributed by atoms with Crippen molar-refractivity contribution in [3.63, 3.8) is 0 Å². The summed E-state index contributed by atoms with van der Waals surface area (Å²) in [6, 6.07) is 13.2. The average molecular weight is 580 g/mol. The normalized spacial score (nSPS) is 15.3. The predicted octanol–water partition coefficient (Wildman–Crippen LogP) is 5.17. The molecule has 4 aromatic rings. The van der Waals surface area contributed by atoms with Gasteiger partial charge < -0.3 is 19.3 Å². The molecule has 1 amide bonds. The highest BCUT2D eigenvalue weighted by atomic mass is 19.4. The summed E-state index contributed by atoms with van der Waals surface area (Å²) < 4.78 is 63.6. The summed E-state index contributed by atoms with van der Waals surface area (Å²) in [6.45, 7) is 1.68. The van der Waals surface area contributed by atoms with Crippen molar-refractivity contribution in [2.75, 3.05) is 31.6 Å². The maximum Gasteiger partial charge on any atom is 0.416 e. The lowest BCUT2D eigenvalue weighted by atomic mass is 9.96. The highest BCUT2D eigenvalue weighted by Crippen LogP contribution is 2.34. The van der Waals surface area contributed by atoms with E-state index < -0.39 is 23.7 Å². The van der Waals surface area contributed by atoms with Crippen molar-refractivity contribution in [3.8, 4) is 22.9 Å². The number of alkyl halides is 3. The molecule has 2 aromatic heterocycles. The zero-order chi connectivity index (χ0) is 29.4. The first-order chi connectivity index (χ1) is 20.2. The molecule has 1 fully saturated rings. The third-order valence-corrected chi connectivity index (χ3v) is 7.31. The van der Waals surface area contributed by atoms with Crippen molar-refractivity contribution in [3.05, 3.63) is 95.2 Å². The van der Waals surface area contributed by atoms with Crippen LogP contribution in [-0.4, -0.2) is 58.6 Å². The summed E-state index contributed by atoms with van der Waals surface area (Å²) in [5.74, 6) is 0.0523. The van der Waals surface area contributed by atoms with E-state index in [4.69, 9.17) is 9.47 Å². The van der Waals surface area contributed by atoms with E-state index in [1.165, 1.54) is 6.33 Å². The van der Waals surface area contributed by atoms with Gasteiger partial charge in [-0.15, -0.1) is 0 Å². The van der Waals surface area contributed by atoms with Gasteiger partial charge in [-0.1, -0.05) is 12.1 Å². The van der Waals surface area contributed by atoms with Gasteiger partial charge in [-0.05, 0) is 47.9 Å². The van der Waals surface area contributed by atoms with Gasteiger partial charge in [-0.2, -0.15) is 13.2 Å². The first-order valence-corrected chi connectivity index (χ1v) is 13.2. The Balaban J connectivity index is 1.14. The summed E-state index contributed by atoms with van der Waals surface area (Å²) in [7, 11) is 1.61. The number of nitrogens with zero attached hydrogens (tertiary/aromatic N) is 5. The molecule has 0 unspecified atom stereocenters. The van der Waals surface area contributed by atoms with Gasteiger partial charge in [0.15, 0.2) is 0 Å². The second kappa shape index (κ2) is 10.9. The molecule has 216 valence electrons. The number of fused-ring (bicyclic) bond motifs is 1. The first kappa shape index (κ1) is 27.4. The van der Waals surface area contributed by atoms with Crippen LogP contribution in [0, 0.1) is 5.82 Å². The van der Waals surface area contributed by atoms with Crippen LogP contribution in [0.4, 0.5) is 23.4 Å². The van der Waals surface area contributed by atoms with Crippen LogP contribution in [0.5, 0.6) is 11.5 Å². The summed E-state index contributed by atoms with van der Waals surface area (Å²) in [4.78, 5) is 30.3. The van der Waals surface area contributed by atoms with Gasteiger partial charge in [0.1, 0.15) is 35.6 Å². The van der Waals surface area contributed by atoms with Gasteiger partial charge in [0, 0.05) is 37.0 Å².